The number of rotatable bonds is 7. The molecule has 2 saturated heterocycles. The third-order valence-corrected chi connectivity index (χ3v) is 7.48. The first-order valence-corrected chi connectivity index (χ1v) is 12.3. The molecule has 2 aliphatic rings. The molecule has 1 N–H and O–H groups in total. The highest BCUT2D eigenvalue weighted by atomic mass is 16.5. The normalized spacial score (nSPS) is 22.2. The third-order valence-electron chi connectivity index (χ3n) is 7.48. The first-order valence-electron chi connectivity index (χ1n) is 12.3. The van der Waals surface area contributed by atoms with Crippen molar-refractivity contribution >= 4 is 22.6 Å². The molecule has 2 fully saturated rings. The van der Waals surface area contributed by atoms with Gasteiger partial charge in [-0.3, -0.25) is 9.59 Å². The Kier molecular flexibility index (Phi) is 6.27. The summed E-state index contributed by atoms with van der Waals surface area (Å²) in [5.41, 5.74) is 1.91. The van der Waals surface area contributed by atoms with Gasteiger partial charge in [0.2, 0.25) is 11.8 Å². The number of ether oxygens (including phenoxy) is 1. The molecular weight excluding hydrogens is 424 g/mol. The lowest BCUT2D eigenvalue weighted by Crippen LogP contribution is -2.45. The van der Waals surface area contributed by atoms with Crippen LogP contribution in [0.2, 0.25) is 0 Å². The van der Waals surface area contributed by atoms with Crippen LogP contribution in [0.15, 0.2) is 66.7 Å². The molecule has 0 radical (unpaired) electrons. The number of para-hydroxylation sites is 1. The van der Waals surface area contributed by atoms with Gasteiger partial charge < -0.3 is 15.0 Å². The van der Waals surface area contributed by atoms with Gasteiger partial charge >= 0.3 is 0 Å². The van der Waals surface area contributed by atoms with Crippen LogP contribution in [0.25, 0.3) is 10.8 Å². The number of nitrogens with one attached hydrogen (secondary N) is 1. The van der Waals surface area contributed by atoms with Gasteiger partial charge in [0, 0.05) is 30.5 Å². The molecule has 176 valence electrons. The topological polar surface area (TPSA) is 58.6 Å². The van der Waals surface area contributed by atoms with Gasteiger partial charge in [-0.2, -0.15) is 0 Å². The van der Waals surface area contributed by atoms with Crippen LogP contribution in [-0.4, -0.2) is 35.9 Å². The molecule has 5 rings (SSSR count). The Morgan fingerprint density at radius 2 is 1.88 bits per heavy atom. The van der Waals surface area contributed by atoms with Crippen molar-refractivity contribution < 1.29 is 14.3 Å². The Morgan fingerprint density at radius 3 is 2.68 bits per heavy atom. The van der Waals surface area contributed by atoms with Crippen LogP contribution < -0.4 is 10.1 Å². The second kappa shape index (κ2) is 9.49. The van der Waals surface area contributed by atoms with Gasteiger partial charge in [-0.05, 0) is 54.5 Å². The van der Waals surface area contributed by atoms with Gasteiger partial charge in [0.05, 0.1) is 13.2 Å². The summed E-state index contributed by atoms with van der Waals surface area (Å²) in [5.74, 6) is 1.08. The average Bonchev–Trinajstić information content (AvgIpc) is 3.50. The fraction of sp³-hybridized carbons (Fsp3) is 0.379. The number of carbonyl (C=O) groups is 2. The van der Waals surface area contributed by atoms with E-state index in [1.54, 1.807) is 7.11 Å². The Balaban J connectivity index is 1.31. The number of amides is 2. The second-order valence-corrected chi connectivity index (χ2v) is 9.67. The summed E-state index contributed by atoms with van der Waals surface area (Å²) in [6.45, 7) is 0.769. The van der Waals surface area contributed by atoms with E-state index in [4.69, 9.17) is 4.74 Å². The molecule has 34 heavy (non-hydrogen) atoms. The standard InChI is InChI=1S/C29H32N2O3/c1-34-26-11-5-4-9-24(26)25-10-6-18-31(25)28(33)15-17-29(16-14-27(32)30-29)20-21-12-13-22-7-2-3-8-23(22)19-21/h2-5,7-9,11-13,19,25H,6,10,14-18,20H2,1H3,(H,30,32)/t25-,29+/m1/s1. The zero-order valence-electron chi connectivity index (χ0n) is 19.8. The number of fused-ring (bicyclic) bond motifs is 1. The predicted molar refractivity (Wildman–Crippen MR) is 134 cm³/mol. The monoisotopic (exact) mass is 456 g/mol. The minimum atomic E-state index is -0.366. The Morgan fingerprint density at radius 1 is 1.09 bits per heavy atom. The molecule has 0 spiro atoms. The zero-order chi connectivity index (χ0) is 23.5. The molecule has 5 nitrogen and oxygen atoms in total. The summed E-state index contributed by atoms with van der Waals surface area (Å²) >= 11 is 0. The minimum absolute atomic E-state index is 0.0539. The Labute approximate surface area is 201 Å². The SMILES string of the molecule is COc1ccccc1[C@H]1CCCN1C(=O)CC[C@]1(Cc2ccc3ccccc3c2)CCC(=O)N1. The lowest BCUT2D eigenvalue weighted by atomic mass is 9.84. The van der Waals surface area contributed by atoms with E-state index in [9.17, 15) is 9.59 Å². The average molecular weight is 457 g/mol. The van der Waals surface area contributed by atoms with Gasteiger partial charge in [0.1, 0.15) is 5.75 Å². The van der Waals surface area contributed by atoms with Gasteiger partial charge in [0.15, 0.2) is 0 Å². The van der Waals surface area contributed by atoms with Crippen molar-refractivity contribution in [2.75, 3.05) is 13.7 Å². The van der Waals surface area contributed by atoms with E-state index in [0.717, 1.165) is 43.5 Å². The first kappa shape index (κ1) is 22.5. The van der Waals surface area contributed by atoms with Crippen LogP contribution >= 0.6 is 0 Å². The molecule has 3 aromatic rings. The maximum absolute atomic E-state index is 13.4. The number of nitrogens with zero attached hydrogens (tertiary/aromatic N) is 1. The lowest BCUT2D eigenvalue weighted by Gasteiger charge is -2.31. The van der Waals surface area contributed by atoms with Gasteiger partial charge in [-0.1, -0.05) is 60.7 Å². The van der Waals surface area contributed by atoms with Crippen molar-refractivity contribution in [1.29, 1.82) is 0 Å². The van der Waals surface area contributed by atoms with E-state index in [-0.39, 0.29) is 23.4 Å². The molecule has 2 amide bonds. The van der Waals surface area contributed by atoms with Crippen LogP contribution in [0.4, 0.5) is 0 Å². The quantitative estimate of drug-likeness (QED) is 0.533. The van der Waals surface area contributed by atoms with E-state index in [1.165, 1.54) is 16.3 Å². The van der Waals surface area contributed by atoms with Gasteiger partial charge in [-0.15, -0.1) is 0 Å². The number of hydrogen-bond acceptors (Lipinski definition) is 3. The number of carbonyl (C=O) groups excluding carboxylic acids is 2. The molecule has 2 heterocycles. The highest BCUT2D eigenvalue weighted by Crippen LogP contribution is 2.38. The minimum Gasteiger partial charge on any atom is -0.496 e. The third kappa shape index (κ3) is 4.52. The smallest absolute Gasteiger partial charge is 0.223 e. The van der Waals surface area contributed by atoms with E-state index in [1.807, 2.05) is 35.2 Å². The van der Waals surface area contributed by atoms with Crippen molar-refractivity contribution in [3.05, 3.63) is 77.9 Å². The first-order chi connectivity index (χ1) is 16.6. The van der Waals surface area contributed by atoms with Crippen molar-refractivity contribution in [3.63, 3.8) is 0 Å². The number of benzene rings is 3. The lowest BCUT2D eigenvalue weighted by molar-refractivity contribution is -0.132. The van der Waals surface area contributed by atoms with Crippen molar-refractivity contribution in [3.8, 4) is 5.75 Å². The molecule has 0 bridgehead atoms. The Hall–Kier alpha value is -3.34. The van der Waals surface area contributed by atoms with E-state index in [2.05, 4.69) is 41.7 Å². The summed E-state index contributed by atoms with van der Waals surface area (Å²) in [5, 5.41) is 5.65. The number of methoxy groups -OCH3 is 1. The van der Waals surface area contributed by atoms with E-state index >= 15 is 0 Å². The van der Waals surface area contributed by atoms with Gasteiger partial charge in [0.25, 0.3) is 0 Å². The summed E-state index contributed by atoms with van der Waals surface area (Å²) in [6, 6.07) is 22.9. The number of hydrogen-bond donors (Lipinski definition) is 1. The maximum atomic E-state index is 13.4. The molecule has 0 aromatic heterocycles. The fourth-order valence-electron chi connectivity index (χ4n) is 5.74. The van der Waals surface area contributed by atoms with Crippen LogP contribution in [-0.2, 0) is 16.0 Å². The molecule has 0 unspecified atom stereocenters. The molecule has 0 saturated carbocycles. The molecule has 0 aliphatic carbocycles. The molecule has 5 heteroatoms. The summed E-state index contributed by atoms with van der Waals surface area (Å²) in [7, 11) is 1.68. The summed E-state index contributed by atoms with van der Waals surface area (Å²) in [6.07, 6.45) is 5.06. The zero-order valence-corrected chi connectivity index (χ0v) is 19.8. The Bertz CT molecular complexity index is 1210. The van der Waals surface area contributed by atoms with Crippen molar-refractivity contribution in [2.45, 2.75) is 56.5 Å². The molecule has 2 atom stereocenters. The van der Waals surface area contributed by atoms with Gasteiger partial charge in [-0.25, -0.2) is 0 Å². The van der Waals surface area contributed by atoms with Crippen LogP contribution in [0, 0.1) is 0 Å². The van der Waals surface area contributed by atoms with Crippen molar-refractivity contribution in [2.24, 2.45) is 0 Å². The number of likely N-dealkylation sites (tertiary alicyclic amines) is 1. The van der Waals surface area contributed by atoms with Crippen LogP contribution in [0.3, 0.4) is 0 Å². The van der Waals surface area contributed by atoms with E-state index < -0.39 is 0 Å². The summed E-state index contributed by atoms with van der Waals surface area (Å²) in [4.78, 5) is 27.7. The molecular formula is C29H32N2O3. The molecule has 2 aliphatic heterocycles. The highest BCUT2D eigenvalue weighted by molar-refractivity contribution is 5.83. The van der Waals surface area contributed by atoms with E-state index in [0.29, 0.717) is 19.3 Å². The van der Waals surface area contributed by atoms with Crippen LogP contribution in [0.5, 0.6) is 5.75 Å². The maximum Gasteiger partial charge on any atom is 0.223 e. The van der Waals surface area contributed by atoms with Crippen LogP contribution in [0.1, 0.15) is 55.7 Å². The molecule has 3 aromatic carbocycles. The second-order valence-electron chi connectivity index (χ2n) is 9.67. The fourth-order valence-corrected chi connectivity index (χ4v) is 5.74. The largest absolute Gasteiger partial charge is 0.496 e. The summed E-state index contributed by atoms with van der Waals surface area (Å²) < 4.78 is 5.57. The highest BCUT2D eigenvalue weighted by Gasteiger charge is 2.39. The van der Waals surface area contributed by atoms with Crippen molar-refractivity contribution in [1.82, 2.24) is 10.2 Å². The predicted octanol–water partition coefficient (Wildman–Crippen LogP) is 5.18.